The second-order valence-electron chi connectivity index (χ2n) is 12.7. The first-order chi connectivity index (χ1) is 17.5. The lowest BCUT2D eigenvalue weighted by Gasteiger charge is -2.66. The summed E-state index contributed by atoms with van der Waals surface area (Å²) in [5, 5.41) is 24.2. The topological polar surface area (TPSA) is 108 Å². The Morgan fingerprint density at radius 2 is 1.92 bits per heavy atom. The summed E-state index contributed by atoms with van der Waals surface area (Å²) in [6, 6.07) is 1.99. The summed E-state index contributed by atoms with van der Waals surface area (Å²) in [7, 11) is 1.66. The smallest absolute Gasteiger partial charge is 0.302 e. The van der Waals surface area contributed by atoms with Gasteiger partial charge >= 0.3 is 5.97 Å². The normalized spacial score (nSPS) is 50.8. The van der Waals surface area contributed by atoms with Crippen LogP contribution in [0.3, 0.4) is 0 Å². The lowest BCUT2D eigenvalue weighted by Crippen LogP contribution is -2.71. The van der Waals surface area contributed by atoms with Gasteiger partial charge in [-0.05, 0) is 36.5 Å². The van der Waals surface area contributed by atoms with Crippen molar-refractivity contribution in [3.8, 4) is 0 Å². The molecule has 1 aromatic rings. The van der Waals surface area contributed by atoms with Crippen molar-refractivity contribution < 1.29 is 38.4 Å². The number of hydrogen-bond acceptors (Lipinski definition) is 8. The van der Waals surface area contributed by atoms with E-state index >= 15 is 0 Å². The molecule has 0 radical (unpaired) electrons. The molecule has 204 valence electrons. The van der Waals surface area contributed by atoms with Gasteiger partial charge in [-0.25, -0.2) is 0 Å². The van der Waals surface area contributed by atoms with Crippen LogP contribution in [-0.4, -0.2) is 66.7 Å². The van der Waals surface area contributed by atoms with Gasteiger partial charge in [0.2, 0.25) is 0 Å². The summed E-state index contributed by atoms with van der Waals surface area (Å²) >= 11 is 0. The minimum absolute atomic E-state index is 0.115. The number of hydrogen-bond donors (Lipinski definition) is 2. The van der Waals surface area contributed by atoms with Gasteiger partial charge in [0, 0.05) is 55.0 Å². The minimum Gasteiger partial charge on any atom is -0.472 e. The average Bonchev–Trinajstić information content (AvgIpc) is 3.55. The molecule has 2 aliphatic heterocycles. The van der Waals surface area contributed by atoms with Crippen LogP contribution in [-0.2, 0) is 23.7 Å². The van der Waals surface area contributed by atoms with Crippen LogP contribution in [0.4, 0.5) is 0 Å². The second-order valence-corrected chi connectivity index (χ2v) is 12.7. The van der Waals surface area contributed by atoms with Crippen molar-refractivity contribution in [3.05, 3.63) is 35.3 Å². The van der Waals surface area contributed by atoms with E-state index < -0.39 is 47.0 Å². The fourth-order valence-electron chi connectivity index (χ4n) is 9.56. The van der Waals surface area contributed by atoms with Gasteiger partial charge in [0.05, 0.1) is 43.5 Å². The Bertz CT molecular complexity index is 1100. The zero-order valence-corrected chi connectivity index (χ0v) is 22.6. The lowest BCUT2D eigenvalue weighted by molar-refractivity contribution is -0.255. The maximum atomic E-state index is 12.3. The number of aliphatic hydroxyl groups is 2. The fraction of sp³-hybridized carbons (Fsp3) is 0.759. The number of fused-ring (bicyclic) bond motifs is 4. The molecule has 12 atom stereocenters. The van der Waals surface area contributed by atoms with Crippen LogP contribution in [0.1, 0.15) is 65.4 Å². The Morgan fingerprint density at radius 1 is 1.16 bits per heavy atom. The summed E-state index contributed by atoms with van der Waals surface area (Å²) in [6.45, 7) is 10.3. The van der Waals surface area contributed by atoms with Crippen LogP contribution in [0.5, 0.6) is 0 Å². The highest BCUT2D eigenvalue weighted by Gasteiger charge is 2.76. The van der Waals surface area contributed by atoms with E-state index in [-0.39, 0.29) is 29.8 Å². The zero-order valence-electron chi connectivity index (χ0n) is 22.6. The third-order valence-corrected chi connectivity index (χ3v) is 11.1. The highest BCUT2D eigenvalue weighted by molar-refractivity contribution is 5.66. The van der Waals surface area contributed by atoms with E-state index in [9.17, 15) is 15.0 Å². The number of carbonyl (C=O) groups is 1. The monoisotopic (exact) mass is 516 g/mol. The van der Waals surface area contributed by atoms with Crippen molar-refractivity contribution in [2.45, 2.75) is 96.6 Å². The van der Waals surface area contributed by atoms with Gasteiger partial charge in [-0.15, -0.1) is 0 Å². The molecule has 2 N–H and O–H groups in total. The van der Waals surface area contributed by atoms with E-state index in [0.29, 0.717) is 19.4 Å². The number of methoxy groups -OCH3 is 1. The molecule has 0 spiro atoms. The molecule has 0 amide bonds. The molecular formula is C29H40O8. The van der Waals surface area contributed by atoms with Gasteiger partial charge in [0.1, 0.15) is 6.10 Å². The summed E-state index contributed by atoms with van der Waals surface area (Å²) in [5.41, 5.74) is 1.51. The first kappa shape index (κ1) is 25.6. The van der Waals surface area contributed by atoms with E-state index in [2.05, 4.69) is 27.7 Å². The Morgan fingerprint density at radius 3 is 2.57 bits per heavy atom. The number of esters is 1. The number of rotatable bonds is 3. The van der Waals surface area contributed by atoms with Crippen molar-refractivity contribution in [2.75, 3.05) is 13.7 Å². The molecule has 2 saturated carbocycles. The van der Waals surface area contributed by atoms with E-state index in [4.69, 9.17) is 23.4 Å². The molecule has 6 rings (SSSR count). The van der Waals surface area contributed by atoms with Crippen molar-refractivity contribution in [3.63, 3.8) is 0 Å². The SMILES string of the molecule is CO[C@H]1CC2[C@]3(C)C4[C@@H](OC[C@]4(C)[C@H](OC(C)=O)C[C@@H]3O)[C@@H](O)[C@@]2(C)C2=C(C)[C@H](c3ccoc3)CC2O1. The molecule has 37 heavy (non-hydrogen) atoms. The van der Waals surface area contributed by atoms with Crippen molar-refractivity contribution >= 4 is 5.97 Å². The van der Waals surface area contributed by atoms with Gasteiger partial charge < -0.3 is 33.6 Å². The Kier molecular flexibility index (Phi) is 5.80. The Balaban J connectivity index is 1.53. The third-order valence-electron chi connectivity index (χ3n) is 11.1. The summed E-state index contributed by atoms with van der Waals surface area (Å²) in [5.74, 6) is -0.617. The predicted molar refractivity (Wildman–Crippen MR) is 132 cm³/mol. The van der Waals surface area contributed by atoms with Gasteiger partial charge in [-0.3, -0.25) is 4.79 Å². The highest BCUT2D eigenvalue weighted by Crippen LogP contribution is 2.71. The predicted octanol–water partition coefficient (Wildman–Crippen LogP) is 3.57. The van der Waals surface area contributed by atoms with Crippen LogP contribution >= 0.6 is 0 Å². The van der Waals surface area contributed by atoms with Crippen LogP contribution in [0.15, 0.2) is 34.2 Å². The van der Waals surface area contributed by atoms with E-state index in [0.717, 1.165) is 17.6 Å². The standard InChI is InChI=1S/C29H40O8/c1-14-17(16-7-8-34-12-16)9-18-23(14)29(5)19(10-22(33-6)37-18)28(4)20(31)11-21(36-15(2)30)27(3)13-35-24(25(27)28)26(29)32/h7-8,12,17-22,24-26,31-32H,9-11,13H2,1-6H3/t17-,18?,19?,20+,21-,22-,24-,25?,26-,27-,28+,29-/m1/s1. The van der Waals surface area contributed by atoms with E-state index in [1.807, 2.05) is 6.07 Å². The number of ether oxygens (including phenoxy) is 4. The average molecular weight is 517 g/mol. The van der Waals surface area contributed by atoms with Gasteiger partial charge in [0.15, 0.2) is 6.29 Å². The van der Waals surface area contributed by atoms with Crippen molar-refractivity contribution in [2.24, 2.45) is 28.1 Å². The molecule has 2 saturated heterocycles. The molecule has 8 nitrogen and oxygen atoms in total. The molecule has 0 aromatic carbocycles. The molecule has 0 bridgehead atoms. The molecular weight excluding hydrogens is 476 g/mol. The quantitative estimate of drug-likeness (QED) is 0.464. The fourth-order valence-corrected chi connectivity index (χ4v) is 9.56. The van der Waals surface area contributed by atoms with Gasteiger partial charge in [0.25, 0.3) is 0 Å². The van der Waals surface area contributed by atoms with Gasteiger partial charge in [-0.2, -0.15) is 0 Å². The molecule has 3 unspecified atom stereocenters. The number of aliphatic hydroxyl groups excluding tert-OH is 2. The molecule has 5 aliphatic rings. The molecule has 3 aliphatic carbocycles. The first-order valence-corrected chi connectivity index (χ1v) is 13.5. The van der Waals surface area contributed by atoms with Crippen LogP contribution < -0.4 is 0 Å². The summed E-state index contributed by atoms with van der Waals surface area (Å²) < 4.78 is 30.1. The number of furan rings is 1. The zero-order chi connectivity index (χ0) is 26.5. The van der Waals surface area contributed by atoms with Crippen LogP contribution in [0.2, 0.25) is 0 Å². The lowest BCUT2D eigenvalue weighted by atomic mass is 9.39. The number of allylic oxidation sites excluding steroid dienone is 1. The molecule has 1 aromatic heterocycles. The van der Waals surface area contributed by atoms with Crippen molar-refractivity contribution in [1.29, 1.82) is 0 Å². The molecule has 4 fully saturated rings. The number of carbonyl (C=O) groups excluding carboxylic acids is 1. The Labute approximate surface area is 218 Å². The second kappa shape index (κ2) is 8.39. The van der Waals surface area contributed by atoms with E-state index in [1.165, 1.54) is 12.5 Å². The molecule has 8 heteroatoms. The maximum Gasteiger partial charge on any atom is 0.302 e. The minimum atomic E-state index is -0.824. The summed E-state index contributed by atoms with van der Waals surface area (Å²) in [6.07, 6.45) is 1.83. The first-order valence-electron chi connectivity index (χ1n) is 13.5. The largest absolute Gasteiger partial charge is 0.472 e. The Hall–Kier alpha value is -1.71. The third kappa shape index (κ3) is 3.22. The highest BCUT2D eigenvalue weighted by atomic mass is 16.7. The van der Waals surface area contributed by atoms with Crippen LogP contribution in [0.25, 0.3) is 0 Å². The maximum absolute atomic E-state index is 12.3. The summed E-state index contributed by atoms with van der Waals surface area (Å²) in [4.78, 5) is 12.0. The van der Waals surface area contributed by atoms with Gasteiger partial charge in [-0.1, -0.05) is 26.3 Å². The van der Waals surface area contributed by atoms with Crippen molar-refractivity contribution in [1.82, 2.24) is 0 Å². The van der Waals surface area contributed by atoms with Crippen LogP contribution in [0, 0.1) is 28.1 Å². The molecule has 3 heterocycles. The van der Waals surface area contributed by atoms with E-state index in [1.54, 1.807) is 19.6 Å².